The molecule has 1 aromatic heterocycles. The maximum Gasteiger partial charge on any atom is 0.411 e. The number of hydrogen-bond donors (Lipinski definition) is 1. The summed E-state index contributed by atoms with van der Waals surface area (Å²) in [4.78, 5) is 25.7. The number of carboxylic acid groups (broad SMARTS) is 1. The zero-order valence-corrected chi connectivity index (χ0v) is 14.8. The maximum atomic E-state index is 12.6. The molecular formula is C18H23N3O4. The van der Waals surface area contributed by atoms with Crippen molar-refractivity contribution in [1.29, 1.82) is 0 Å². The maximum absolute atomic E-state index is 12.6. The molecule has 0 radical (unpaired) electrons. The van der Waals surface area contributed by atoms with Gasteiger partial charge in [-0.3, -0.25) is 9.58 Å². The van der Waals surface area contributed by atoms with Crippen LogP contribution >= 0.6 is 0 Å². The molecule has 0 spiro atoms. The predicted molar refractivity (Wildman–Crippen MR) is 91.9 cm³/mol. The largest absolute Gasteiger partial charge is 0.479 e. The van der Waals surface area contributed by atoms with Gasteiger partial charge in [-0.15, -0.1) is 0 Å². The fourth-order valence-electron chi connectivity index (χ4n) is 2.70. The highest BCUT2D eigenvalue weighted by atomic mass is 16.6. The minimum atomic E-state index is -1.16. The SMILES string of the molecule is Cc1nn(C)cc1C(C(=O)O)N(C(=O)OCc1ccccc1)C(C)C. The van der Waals surface area contributed by atoms with Crippen LogP contribution in [0.3, 0.4) is 0 Å². The van der Waals surface area contributed by atoms with Crippen molar-refractivity contribution in [3.8, 4) is 0 Å². The number of carbonyl (C=O) groups is 2. The van der Waals surface area contributed by atoms with E-state index < -0.39 is 18.1 Å². The van der Waals surface area contributed by atoms with E-state index in [4.69, 9.17) is 4.74 Å². The fourth-order valence-corrected chi connectivity index (χ4v) is 2.70. The predicted octanol–water partition coefficient (Wildman–Crippen LogP) is 2.90. The number of carbonyl (C=O) groups excluding carboxylic acids is 1. The highest BCUT2D eigenvalue weighted by Gasteiger charge is 2.36. The van der Waals surface area contributed by atoms with E-state index in [-0.39, 0.29) is 12.6 Å². The third kappa shape index (κ3) is 4.37. The Morgan fingerprint density at radius 3 is 2.40 bits per heavy atom. The van der Waals surface area contributed by atoms with Gasteiger partial charge >= 0.3 is 12.1 Å². The summed E-state index contributed by atoms with van der Waals surface area (Å²) >= 11 is 0. The Morgan fingerprint density at radius 2 is 1.92 bits per heavy atom. The van der Waals surface area contributed by atoms with Crippen LogP contribution in [0.25, 0.3) is 0 Å². The Kier molecular flexibility index (Phi) is 5.80. The Labute approximate surface area is 146 Å². The highest BCUT2D eigenvalue weighted by molar-refractivity contribution is 5.82. The second-order valence-corrected chi connectivity index (χ2v) is 6.13. The first-order chi connectivity index (χ1) is 11.8. The van der Waals surface area contributed by atoms with Gasteiger partial charge in [0.2, 0.25) is 0 Å². The quantitative estimate of drug-likeness (QED) is 0.870. The molecule has 0 aliphatic carbocycles. The Hall–Kier alpha value is -2.83. The van der Waals surface area contributed by atoms with Crippen LogP contribution in [0.2, 0.25) is 0 Å². The Balaban J connectivity index is 2.25. The summed E-state index contributed by atoms with van der Waals surface area (Å²) in [7, 11) is 1.71. The van der Waals surface area contributed by atoms with Gasteiger partial charge in [0.1, 0.15) is 6.61 Å². The van der Waals surface area contributed by atoms with E-state index in [9.17, 15) is 14.7 Å². The van der Waals surface area contributed by atoms with E-state index in [1.54, 1.807) is 34.0 Å². The standard InChI is InChI=1S/C18H23N3O4/c1-12(2)21(18(24)25-11-14-8-6-5-7-9-14)16(17(22)23)15-10-20(4)19-13(15)3/h5-10,12,16H,11H2,1-4H3,(H,22,23). The lowest BCUT2D eigenvalue weighted by molar-refractivity contribution is -0.143. The number of nitrogens with zero attached hydrogens (tertiary/aromatic N) is 3. The molecule has 2 aromatic rings. The normalized spacial score (nSPS) is 12.0. The van der Waals surface area contributed by atoms with E-state index in [1.807, 2.05) is 30.3 Å². The molecule has 7 heteroatoms. The molecule has 2 rings (SSSR count). The van der Waals surface area contributed by atoms with Crippen LogP contribution in [0.5, 0.6) is 0 Å². The summed E-state index contributed by atoms with van der Waals surface area (Å²) in [5.74, 6) is -1.12. The zero-order valence-electron chi connectivity index (χ0n) is 14.8. The van der Waals surface area contributed by atoms with E-state index in [0.29, 0.717) is 11.3 Å². The second kappa shape index (κ2) is 7.83. The number of carboxylic acids is 1. The lowest BCUT2D eigenvalue weighted by atomic mass is 10.1. The van der Waals surface area contributed by atoms with Gasteiger partial charge < -0.3 is 9.84 Å². The van der Waals surface area contributed by atoms with E-state index >= 15 is 0 Å². The van der Waals surface area contributed by atoms with Gasteiger partial charge in [-0.1, -0.05) is 30.3 Å². The summed E-state index contributed by atoms with van der Waals surface area (Å²) in [6.45, 7) is 5.32. The molecule has 1 unspecified atom stereocenters. The third-order valence-corrected chi connectivity index (χ3v) is 3.83. The van der Waals surface area contributed by atoms with Crippen molar-refractivity contribution < 1.29 is 19.4 Å². The first-order valence-corrected chi connectivity index (χ1v) is 8.03. The molecule has 1 atom stereocenters. The molecule has 1 amide bonds. The molecule has 25 heavy (non-hydrogen) atoms. The van der Waals surface area contributed by atoms with Crippen molar-refractivity contribution >= 4 is 12.1 Å². The number of aryl methyl sites for hydroxylation is 2. The number of amides is 1. The number of rotatable bonds is 6. The molecule has 0 aliphatic heterocycles. The van der Waals surface area contributed by atoms with E-state index in [2.05, 4.69) is 5.10 Å². The van der Waals surface area contributed by atoms with Crippen molar-refractivity contribution in [3.63, 3.8) is 0 Å². The van der Waals surface area contributed by atoms with Gasteiger partial charge in [-0.05, 0) is 26.3 Å². The number of aromatic nitrogens is 2. The van der Waals surface area contributed by atoms with Crippen LogP contribution in [0.4, 0.5) is 4.79 Å². The molecule has 134 valence electrons. The first kappa shape index (κ1) is 18.5. The summed E-state index contributed by atoms with van der Waals surface area (Å²) in [6, 6.07) is 7.74. The van der Waals surface area contributed by atoms with Crippen molar-refractivity contribution in [2.24, 2.45) is 7.05 Å². The van der Waals surface area contributed by atoms with Crippen LogP contribution in [0, 0.1) is 6.92 Å². The van der Waals surface area contributed by atoms with Gasteiger partial charge in [0.15, 0.2) is 6.04 Å². The molecule has 1 heterocycles. The zero-order chi connectivity index (χ0) is 18.6. The number of hydrogen-bond acceptors (Lipinski definition) is 4. The molecule has 0 aliphatic rings. The van der Waals surface area contributed by atoms with Crippen LogP contribution < -0.4 is 0 Å². The van der Waals surface area contributed by atoms with E-state index in [0.717, 1.165) is 5.56 Å². The lowest BCUT2D eigenvalue weighted by Crippen LogP contribution is -2.43. The van der Waals surface area contributed by atoms with Crippen molar-refractivity contribution in [2.45, 2.75) is 39.5 Å². The van der Waals surface area contributed by atoms with Gasteiger partial charge in [-0.2, -0.15) is 5.10 Å². The van der Waals surface area contributed by atoms with Crippen LogP contribution in [-0.2, 0) is 23.2 Å². The van der Waals surface area contributed by atoms with Crippen LogP contribution in [0.15, 0.2) is 36.5 Å². The molecule has 1 N–H and O–H groups in total. The average molecular weight is 345 g/mol. The molecular weight excluding hydrogens is 322 g/mol. The van der Waals surface area contributed by atoms with Crippen LogP contribution in [0.1, 0.15) is 36.7 Å². The number of ether oxygens (including phenoxy) is 1. The van der Waals surface area contributed by atoms with Crippen molar-refractivity contribution in [2.75, 3.05) is 0 Å². The molecule has 0 bridgehead atoms. The number of benzene rings is 1. The molecule has 1 aromatic carbocycles. The summed E-state index contributed by atoms with van der Waals surface area (Å²) in [6.07, 6.45) is 0.947. The summed E-state index contributed by atoms with van der Waals surface area (Å²) in [5, 5.41) is 13.9. The molecule has 0 saturated carbocycles. The number of aliphatic carboxylic acids is 1. The minimum absolute atomic E-state index is 0.0846. The summed E-state index contributed by atoms with van der Waals surface area (Å²) < 4.78 is 6.88. The van der Waals surface area contributed by atoms with Crippen molar-refractivity contribution in [3.05, 3.63) is 53.3 Å². The lowest BCUT2D eigenvalue weighted by Gasteiger charge is -2.31. The van der Waals surface area contributed by atoms with Crippen LogP contribution in [-0.4, -0.2) is 37.9 Å². The molecule has 0 fully saturated rings. The van der Waals surface area contributed by atoms with Gasteiger partial charge in [0, 0.05) is 24.8 Å². The minimum Gasteiger partial charge on any atom is -0.479 e. The Bertz CT molecular complexity index is 740. The van der Waals surface area contributed by atoms with Crippen molar-refractivity contribution in [1.82, 2.24) is 14.7 Å². The van der Waals surface area contributed by atoms with Gasteiger partial charge in [-0.25, -0.2) is 9.59 Å². The average Bonchev–Trinajstić information content (AvgIpc) is 2.88. The molecule has 7 nitrogen and oxygen atoms in total. The summed E-state index contributed by atoms with van der Waals surface area (Å²) in [5.41, 5.74) is 1.88. The topological polar surface area (TPSA) is 84.7 Å². The Morgan fingerprint density at radius 1 is 1.28 bits per heavy atom. The fraction of sp³-hybridized carbons (Fsp3) is 0.389. The molecule has 0 saturated heterocycles. The smallest absolute Gasteiger partial charge is 0.411 e. The monoisotopic (exact) mass is 345 g/mol. The van der Waals surface area contributed by atoms with E-state index in [1.165, 1.54) is 9.58 Å². The third-order valence-electron chi connectivity index (χ3n) is 3.83. The first-order valence-electron chi connectivity index (χ1n) is 8.03. The van der Waals surface area contributed by atoms with Gasteiger partial charge in [0.05, 0.1) is 5.69 Å². The highest BCUT2D eigenvalue weighted by Crippen LogP contribution is 2.26. The van der Waals surface area contributed by atoms with Gasteiger partial charge in [0.25, 0.3) is 0 Å². The second-order valence-electron chi connectivity index (χ2n) is 6.13.